The first kappa shape index (κ1) is 17.5. The Morgan fingerprint density at radius 3 is 2.96 bits per heavy atom. The van der Waals surface area contributed by atoms with Crippen LogP contribution in [0.4, 0.5) is 4.39 Å². The molecule has 0 saturated heterocycles. The van der Waals surface area contributed by atoms with Gasteiger partial charge >= 0.3 is 0 Å². The molecular formula is C19H17FIN3O2. The second-order valence-corrected chi connectivity index (χ2v) is 7.78. The summed E-state index contributed by atoms with van der Waals surface area (Å²) < 4.78 is 22.5. The van der Waals surface area contributed by atoms with E-state index in [1.54, 1.807) is 29.2 Å². The van der Waals surface area contributed by atoms with Crippen molar-refractivity contribution in [3.8, 4) is 0 Å². The molecule has 7 heteroatoms. The number of carbonyl (C=O) groups excluding carboxylic acids is 1. The molecule has 1 saturated carbocycles. The standard InChI is InChI=1S/C19H17FIN3O2/c20-16-6-14(21)4-3-13(16)5-17-19(18(25)10-26-9-12-1-2-12)23-8-15-7-22-11-24(15)17/h3-4,6-8,11-12H,1-2,5,9-10H2. The van der Waals surface area contributed by atoms with Crippen molar-refractivity contribution in [2.24, 2.45) is 5.92 Å². The molecule has 4 rings (SSSR count). The fourth-order valence-electron chi connectivity index (χ4n) is 2.86. The average Bonchev–Trinajstić information content (AvgIpc) is 3.31. The molecule has 0 aliphatic heterocycles. The van der Waals surface area contributed by atoms with Gasteiger partial charge in [0, 0.05) is 9.99 Å². The van der Waals surface area contributed by atoms with Crippen molar-refractivity contribution in [2.75, 3.05) is 13.2 Å². The van der Waals surface area contributed by atoms with Crippen molar-refractivity contribution in [1.29, 1.82) is 0 Å². The van der Waals surface area contributed by atoms with Crippen molar-refractivity contribution in [3.63, 3.8) is 0 Å². The summed E-state index contributed by atoms with van der Waals surface area (Å²) in [4.78, 5) is 21.1. The van der Waals surface area contributed by atoms with Crippen LogP contribution in [0.25, 0.3) is 5.52 Å². The number of hydrogen-bond acceptors (Lipinski definition) is 4. The molecule has 0 amide bonds. The van der Waals surface area contributed by atoms with E-state index in [0.717, 1.165) is 9.09 Å². The van der Waals surface area contributed by atoms with Crippen molar-refractivity contribution in [1.82, 2.24) is 14.4 Å². The second-order valence-electron chi connectivity index (χ2n) is 6.54. The number of imidazole rings is 1. The molecule has 5 nitrogen and oxygen atoms in total. The van der Waals surface area contributed by atoms with Crippen LogP contribution in [0.1, 0.15) is 34.6 Å². The molecule has 1 aromatic carbocycles. The Kier molecular flexibility index (Phi) is 4.99. The van der Waals surface area contributed by atoms with Gasteiger partial charge in [-0.05, 0) is 59.0 Å². The average molecular weight is 465 g/mol. The number of rotatable bonds is 7. The predicted octanol–water partition coefficient (Wildman–Crippen LogP) is 3.67. The van der Waals surface area contributed by atoms with Crippen molar-refractivity contribution in [3.05, 3.63) is 63.3 Å². The summed E-state index contributed by atoms with van der Waals surface area (Å²) in [5.41, 5.74) is 2.21. The van der Waals surface area contributed by atoms with Crippen LogP contribution in [-0.4, -0.2) is 33.4 Å². The molecule has 0 N–H and O–H groups in total. The van der Waals surface area contributed by atoms with Gasteiger partial charge in [0.25, 0.3) is 0 Å². The normalized spacial score (nSPS) is 14.1. The number of ketones is 1. The van der Waals surface area contributed by atoms with E-state index in [2.05, 4.69) is 32.6 Å². The van der Waals surface area contributed by atoms with E-state index in [-0.39, 0.29) is 24.6 Å². The van der Waals surface area contributed by atoms with Gasteiger partial charge in [-0.2, -0.15) is 0 Å². The maximum atomic E-state index is 14.3. The molecule has 1 aliphatic carbocycles. The van der Waals surface area contributed by atoms with Crippen molar-refractivity contribution in [2.45, 2.75) is 19.3 Å². The molecule has 0 unspecified atom stereocenters. The highest BCUT2D eigenvalue weighted by molar-refractivity contribution is 14.1. The molecule has 134 valence electrons. The Bertz CT molecular complexity index is 969. The molecule has 0 radical (unpaired) electrons. The Morgan fingerprint density at radius 1 is 1.35 bits per heavy atom. The minimum absolute atomic E-state index is 0.00806. The molecule has 2 aromatic heterocycles. The lowest BCUT2D eigenvalue weighted by atomic mass is 10.1. The lowest BCUT2D eigenvalue weighted by Gasteiger charge is -2.12. The summed E-state index contributed by atoms with van der Waals surface area (Å²) in [6.45, 7) is 0.603. The monoisotopic (exact) mass is 465 g/mol. The molecule has 26 heavy (non-hydrogen) atoms. The fourth-order valence-corrected chi connectivity index (χ4v) is 3.32. The van der Waals surface area contributed by atoms with Gasteiger partial charge in [0.05, 0.1) is 36.5 Å². The summed E-state index contributed by atoms with van der Waals surface area (Å²) >= 11 is 2.07. The summed E-state index contributed by atoms with van der Waals surface area (Å²) in [6, 6.07) is 5.07. The van der Waals surface area contributed by atoms with Crippen LogP contribution in [0.5, 0.6) is 0 Å². The van der Waals surface area contributed by atoms with Crippen molar-refractivity contribution >= 4 is 33.9 Å². The third kappa shape index (κ3) is 3.78. The van der Waals surface area contributed by atoms with E-state index in [4.69, 9.17) is 4.74 Å². The van der Waals surface area contributed by atoms with Gasteiger partial charge < -0.3 is 4.74 Å². The van der Waals surface area contributed by atoms with E-state index < -0.39 is 0 Å². The summed E-state index contributed by atoms with van der Waals surface area (Å²) in [5, 5.41) is 0. The van der Waals surface area contributed by atoms with Gasteiger partial charge in [0.2, 0.25) is 5.78 Å². The summed E-state index contributed by atoms with van der Waals surface area (Å²) in [5.74, 6) is 0.104. The maximum Gasteiger partial charge on any atom is 0.208 e. The number of fused-ring (bicyclic) bond motifs is 1. The first-order valence-electron chi connectivity index (χ1n) is 8.46. The van der Waals surface area contributed by atoms with E-state index in [0.29, 0.717) is 29.5 Å². The highest BCUT2D eigenvalue weighted by atomic mass is 127. The van der Waals surface area contributed by atoms with Gasteiger partial charge in [0.1, 0.15) is 18.1 Å². The number of Topliss-reactive ketones (excluding diaryl/α,β-unsaturated/α-hetero) is 1. The molecule has 0 bridgehead atoms. The van der Waals surface area contributed by atoms with Crippen LogP contribution in [0.2, 0.25) is 0 Å². The van der Waals surface area contributed by atoms with Crippen LogP contribution < -0.4 is 0 Å². The van der Waals surface area contributed by atoms with E-state index in [1.807, 2.05) is 6.07 Å². The van der Waals surface area contributed by atoms with Crippen LogP contribution in [0, 0.1) is 15.3 Å². The van der Waals surface area contributed by atoms with E-state index in [9.17, 15) is 9.18 Å². The number of hydrogen-bond donors (Lipinski definition) is 0. The largest absolute Gasteiger partial charge is 0.373 e. The maximum absolute atomic E-state index is 14.3. The van der Waals surface area contributed by atoms with Gasteiger partial charge in [-0.1, -0.05) is 6.07 Å². The van der Waals surface area contributed by atoms with E-state index >= 15 is 0 Å². The van der Waals surface area contributed by atoms with Crippen LogP contribution in [0.3, 0.4) is 0 Å². The molecule has 1 aliphatic rings. The molecule has 2 heterocycles. The zero-order chi connectivity index (χ0) is 18.1. The van der Waals surface area contributed by atoms with Gasteiger partial charge in [-0.15, -0.1) is 0 Å². The first-order chi connectivity index (χ1) is 12.6. The second kappa shape index (κ2) is 7.40. The smallest absolute Gasteiger partial charge is 0.208 e. The number of carbonyl (C=O) groups is 1. The minimum Gasteiger partial charge on any atom is -0.373 e. The Morgan fingerprint density at radius 2 is 2.19 bits per heavy atom. The zero-order valence-corrected chi connectivity index (χ0v) is 16.1. The third-order valence-corrected chi connectivity index (χ3v) is 5.15. The molecule has 3 aromatic rings. The number of halogens is 2. The SMILES string of the molecule is O=C(COCC1CC1)c1ncc2cncn2c1Cc1ccc(I)cc1F. The topological polar surface area (TPSA) is 56.5 Å². The summed E-state index contributed by atoms with van der Waals surface area (Å²) in [7, 11) is 0. The highest BCUT2D eigenvalue weighted by Crippen LogP contribution is 2.28. The zero-order valence-electron chi connectivity index (χ0n) is 14.0. The molecule has 1 fully saturated rings. The quantitative estimate of drug-likeness (QED) is 0.395. The number of aromatic nitrogens is 3. The summed E-state index contributed by atoms with van der Waals surface area (Å²) in [6.07, 6.45) is 7.50. The molecule has 0 atom stereocenters. The number of benzene rings is 1. The predicted molar refractivity (Wildman–Crippen MR) is 103 cm³/mol. The van der Waals surface area contributed by atoms with Crippen LogP contribution in [-0.2, 0) is 11.2 Å². The Labute approximate surface area is 163 Å². The highest BCUT2D eigenvalue weighted by Gasteiger charge is 2.23. The van der Waals surface area contributed by atoms with Gasteiger partial charge in [-0.25, -0.2) is 14.4 Å². The van der Waals surface area contributed by atoms with Gasteiger partial charge in [0.15, 0.2) is 0 Å². The fraction of sp³-hybridized carbons (Fsp3) is 0.316. The van der Waals surface area contributed by atoms with E-state index in [1.165, 1.54) is 18.9 Å². The lowest BCUT2D eigenvalue weighted by molar-refractivity contribution is 0.0733. The van der Waals surface area contributed by atoms with Crippen molar-refractivity contribution < 1.29 is 13.9 Å². The Hall–Kier alpha value is -1.87. The molecular weight excluding hydrogens is 448 g/mol. The van der Waals surface area contributed by atoms with Crippen LogP contribution in [0.15, 0.2) is 36.9 Å². The molecule has 0 spiro atoms. The lowest BCUT2D eigenvalue weighted by Crippen LogP contribution is -2.17. The third-order valence-electron chi connectivity index (χ3n) is 4.48. The number of nitrogens with zero attached hydrogens (tertiary/aromatic N) is 3. The van der Waals surface area contributed by atoms with Gasteiger partial charge in [-0.3, -0.25) is 9.20 Å². The Balaban J connectivity index is 1.65. The number of ether oxygens (including phenoxy) is 1. The van der Waals surface area contributed by atoms with Crippen LogP contribution >= 0.6 is 22.6 Å². The first-order valence-corrected chi connectivity index (χ1v) is 9.54. The minimum atomic E-state index is -0.294.